The molecule has 6 heteroatoms. The minimum atomic E-state index is -0.782. The molecular formula is C8H15N3O3. The summed E-state index contributed by atoms with van der Waals surface area (Å²) in [5.41, 5.74) is 0. The predicted octanol–water partition coefficient (Wildman–Crippen LogP) is -0.834. The van der Waals surface area contributed by atoms with E-state index in [1.54, 1.807) is 25.9 Å². The molecule has 1 rings (SSSR count). The van der Waals surface area contributed by atoms with Crippen molar-refractivity contribution in [3.05, 3.63) is 0 Å². The number of rotatable bonds is 2. The second-order valence-electron chi connectivity index (χ2n) is 3.01. The van der Waals surface area contributed by atoms with Crippen LogP contribution in [-0.2, 0) is 9.59 Å². The number of hydrogen-bond donors (Lipinski definition) is 2. The van der Waals surface area contributed by atoms with Gasteiger partial charge in [0.25, 0.3) is 5.91 Å². The van der Waals surface area contributed by atoms with E-state index < -0.39 is 5.97 Å². The van der Waals surface area contributed by atoms with Gasteiger partial charge in [0.1, 0.15) is 6.04 Å². The van der Waals surface area contributed by atoms with Crippen LogP contribution in [0.25, 0.3) is 0 Å². The van der Waals surface area contributed by atoms with E-state index in [1.807, 2.05) is 0 Å². The summed E-state index contributed by atoms with van der Waals surface area (Å²) < 4.78 is 0. The molecule has 1 heterocycles. The third-order valence-electron chi connectivity index (χ3n) is 1.69. The summed E-state index contributed by atoms with van der Waals surface area (Å²) >= 11 is 0. The maximum atomic E-state index is 10.1. The van der Waals surface area contributed by atoms with Gasteiger partial charge in [0, 0.05) is 0 Å². The Morgan fingerprint density at radius 1 is 1.71 bits per heavy atom. The second kappa shape index (κ2) is 6.09. The van der Waals surface area contributed by atoms with E-state index in [-0.39, 0.29) is 11.9 Å². The van der Waals surface area contributed by atoms with Gasteiger partial charge in [-0.3, -0.25) is 14.5 Å². The fraction of sp³-hybridized carbons (Fsp3) is 0.625. The van der Waals surface area contributed by atoms with Crippen molar-refractivity contribution >= 4 is 18.2 Å². The molecule has 1 amide bonds. The quantitative estimate of drug-likeness (QED) is 0.609. The van der Waals surface area contributed by atoms with Gasteiger partial charge in [-0.1, -0.05) is 0 Å². The number of carboxylic acid groups (broad SMARTS) is 1. The van der Waals surface area contributed by atoms with Crippen LogP contribution in [-0.4, -0.2) is 54.9 Å². The minimum absolute atomic E-state index is 0.0880. The van der Waals surface area contributed by atoms with Crippen molar-refractivity contribution in [2.75, 3.05) is 20.6 Å². The fourth-order valence-electron chi connectivity index (χ4n) is 0.517. The molecule has 6 nitrogen and oxygen atoms in total. The fourth-order valence-corrected chi connectivity index (χ4v) is 0.517. The molecule has 0 saturated heterocycles. The molecule has 1 aliphatic heterocycles. The van der Waals surface area contributed by atoms with Crippen LogP contribution in [0.1, 0.15) is 6.92 Å². The number of aliphatic carboxylic acids is 1. The Hall–Kier alpha value is -1.43. The monoisotopic (exact) mass is 201 g/mol. The number of hydrogen-bond acceptors (Lipinski definition) is 4. The first-order chi connectivity index (χ1) is 6.45. The lowest BCUT2D eigenvalue weighted by molar-refractivity contribution is -0.141. The summed E-state index contributed by atoms with van der Waals surface area (Å²) in [6, 6.07) is -0.380. The van der Waals surface area contributed by atoms with Crippen molar-refractivity contribution in [2.24, 2.45) is 4.99 Å². The number of nitrogens with one attached hydrogen (secondary N) is 1. The van der Waals surface area contributed by atoms with Crippen LogP contribution >= 0.6 is 0 Å². The van der Waals surface area contributed by atoms with Crippen LogP contribution in [0, 0.1) is 0 Å². The topological polar surface area (TPSA) is 82.0 Å². The number of amides is 1. The largest absolute Gasteiger partial charge is 0.480 e. The molecule has 1 unspecified atom stereocenters. The number of carbonyl (C=O) groups excluding carboxylic acids is 1. The third-order valence-corrected chi connectivity index (χ3v) is 1.69. The summed E-state index contributed by atoms with van der Waals surface area (Å²) in [5, 5.41) is 10.9. The summed E-state index contributed by atoms with van der Waals surface area (Å²) in [6.07, 6.45) is 1.41. The zero-order valence-electron chi connectivity index (χ0n) is 8.52. The van der Waals surface area contributed by atoms with Crippen LogP contribution < -0.4 is 5.32 Å². The summed E-state index contributed by atoms with van der Waals surface area (Å²) in [6.45, 7) is 2.02. The molecule has 2 N–H and O–H groups in total. The van der Waals surface area contributed by atoms with Gasteiger partial charge < -0.3 is 10.4 Å². The molecule has 0 radical (unpaired) electrons. The standard InChI is InChI=1S/C5H11NO2.C3H4N2O/c1-4(5(7)8)6(2)3;6-3-1-4-2-5-3/h4H,1-3H3,(H,7,8);2H,1H2,(H,4,5,6). The summed E-state index contributed by atoms with van der Waals surface area (Å²) in [5.74, 6) is -0.870. The lowest BCUT2D eigenvalue weighted by atomic mass is 10.3. The van der Waals surface area contributed by atoms with E-state index in [2.05, 4.69) is 10.3 Å². The molecule has 1 aliphatic rings. The van der Waals surface area contributed by atoms with Gasteiger partial charge >= 0.3 is 5.97 Å². The third kappa shape index (κ3) is 5.26. The van der Waals surface area contributed by atoms with Crippen molar-refractivity contribution in [2.45, 2.75) is 13.0 Å². The zero-order chi connectivity index (χ0) is 11.1. The Kier molecular flexibility index (Phi) is 5.47. The smallest absolute Gasteiger partial charge is 0.320 e. The first kappa shape index (κ1) is 12.6. The van der Waals surface area contributed by atoms with Gasteiger partial charge in [-0.05, 0) is 21.0 Å². The average Bonchev–Trinajstić information content (AvgIpc) is 2.55. The van der Waals surface area contributed by atoms with Crippen molar-refractivity contribution in [1.82, 2.24) is 10.2 Å². The highest BCUT2D eigenvalue weighted by atomic mass is 16.4. The molecule has 1 atom stereocenters. The predicted molar refractivity (Wildman–Crippen MR) is 52.3 cm³/mol. The molecule has 0 fully saturated rings. The minimum Gasteiger partial charge on any atom is -0.480 e. The summed E-state index contributed by atoms with van der Waals surface area (Å²) in [7, 11) is 3.47. The highest BCUT2D eigenvalue weighted by molar-refractivity contribution is 5.91. The van der Waals surface area contributed by atoms with E-state index in [9.17, 15) is 9.59 Å². The van der Waals surface area contributed by atoms with Crippen molar-refractivity contribution in [1.29, 1.82) is 0 Å². The van der Waals surface area contributed by atoms with Gasteiger partial charge in [-0.2, -0.15) is 0 Å². The van der Waals surface area contributed by atoms with E-state index in [1.165, 1.54) is 6.34 Å². The van der Waals surface area contributed by atoms with Crippen molar-refractivity contribution in [3.8, 4) is 0 Å². The Balaban J connectivity index is 0.000000249. The summed E-state index contributed by atoms with van der Waals surface area (Å²) in [4.78, 5) is 25.1. The zero-order valence-corrected chi connectivity index (χ0v) is 8.52. The molecule has 0 bridgehead atoms. The van der Waals surface area contributed by atoms with E-state index >= 15 is 0 Å². The number of likely N-dealkylation sites (N-methyl/N-ethyl adjacent to an activating group) is 1. The van der Waals surface area contributed by atoms with Crippen molar-refractivity contribution in [3.63, 3.8) is 0 Å². The van der Waals surface area contributed by atoms with E-state index in [0.29, 0.717) is 6.54 Å². The molecule has 0 aromatic heterocycles. The van der Waals surface area contributed by atoms with Gasteiger partial charge in [0.05, 0.1) is 12.9 Å². The second-order valence-corrected chi connectivity index (χ2v) is 3.01. The van der Waals surface area contributed by atoms with E-state index in [4.69, 9.17) is 5.11 Å². The number of nitrogens with zero attached hydrogens (tertiary/aromatic N) is 2. The molecule has 0 aromatic rings. The van der Waals surface area contributed by atoms with Crippen LogP contribution in [0.3, 0.4) is 0 Å². The highest BCUT2D eigenvalue weighted by Crippen LogP contribution is 1.88. The van der Waals surface area contributed by atoms with Crippen LogP contribution in [0.15, 0.2) is 4.99 Å². The molecule has 0 spiro atoms. The Morgan fingerprint density at radius 3 is 2.36 bits per heavy atom. The Morgan fingerprint density at radius 2 is 2.29 bits per heavy atom. The first-order valence-corrected chi connectivity index (χ1v) is 4.13. The average molecular weight is 201 g/mol. The molecule has 0 aliphatic carbocycles. The van der Waals surface area contributed by atoms with Gasteiger partial charge in [-0.25, -0.2) is 4.99 Å². The normalized spacial score (nSPS) is 15.9. The van der Waals surface area contributed by atoms with Gasteiger partial charge in [0.15, 0.2) is 0 Å². The van der Waals surface area contributed by atoms with Gasteiger partial charge in [-0.15, -0.1) is 0 Å². The highest BCUT2D eigenvalue weighted by Gasteiger charge is 2.11. The maximum absolute atomic E-state index is 10.1. The molecular weight excluding hydrogens is 186 g/mol. The lowest BCUT2D eigenvalue weighted by Crippen LogP contribution is -2.32. The lowest BCUT2D eigenvalue weighted by Gasteiger charge is -2.13. The Bertz CT molecular complexity index is 238. The number of aliphatic imine (C=N–C) groups is 1. The maximum Gasteiger partial charge on any atom is 0.320 e. The van der Waals surface area contributed by atoms with Gasteiger partial charge in [0.2, 0.25) is 0 Å². The molecule has 80 valence electrons. The van der Waals surface area contributed by atoms with E-state index in [0.717, 1.165) is 0 Å². The SMILES string of the molecule is CC(C(=O)O)N(C)C.O=C1CNC=N1. The first-order valence-electron chi connectivity index (χ1n) is 4.13. The van der Waals surface area contributed by atoms with Crippen molar-refractivity contribution < 1.29 is 14.7 Å². The number of carbonyl (C=O) groups is 2. The Labute approximate surface area is 82.6 Å². The van der Waals surface area contributed by atoms with Crippen LogP contribution in [0.2, 0.25) is 0 Å². The van der Waals surface area contributed by atoms with Crippen LogP contribution in [0.5, 0.6) is 0 Å². The molecule has 0 aromatic carbocycles. The number of carboxylic acids is 1. The molecule has 14 heavy (non-hydrogen) atoms. The molecule has 0 saturated carbocycles. The van der Waals surface area contributed by atoms with Crippen LogP contribution in [0.4, 0.5) is 0 Å².